The molecule has 1 atom stereocenters. The molecule has 0 saturated carbocycles. The zero-order chi connectivity index (χ0) is 17.0. The second-order valence-electron chi connectivity index (χ2n) is 7.25. The topological polar surface area (TPSA) is 23.6 Å². The summed E-state index contributed by atoms with van der Waals surface area (Å²) in [7, 11) is 0. The van der Waals surface area contributed by atoms with Gasteiger partial charge in [-0.15, -0.1) is 0 Å². The van der Waals surface area contributed by atoms with Gasteiger partial charge in [-0.3, -0.25) is 9.69 Å². The summed E-state index contributed by atoms with van der Waals surface area (Å²) in [5, 5.41) is 0. The molecule has 1 unspecified atom stereocenters. The molecule has 1 amide bonds. The van der Waals surface area contributed by atoms with Gasteiger partial charge >= 0.3 is 0 Å². The summed E-state index contributed by atoms with van der Waals surface area (Å²) in [6.45, 7) is 4.86. The van der Waals surface area contributed by atoms with Gasteiger partial charge in [-0.2, -0.15) is 11.8 Å². The lowest BCUT2D eigenvalue weighted by molar-refractivity contribution is -0.130. The van der Waals surface area contributed by atoms with Crippen molar-refractivity contribution in [2.24, 2.45) is 5.41 Å². The molecule has 0 bridgehead atoms. The smallest absolute Gasteiger partial charge is 0.223 e. The van der Waals surface area contributed by atoms with Gasteiger partial charge in [0.05, 0.1) is 0 Å². The maximum atomic E-state index is 13.1. The van der Waals surface area contributed by atoms with Gasteiger partial charge in [0, 0.05) is 43.8 Å². The number of likely N-dealkylation sites (tertiary alicyclic amines) is 2. The van der Waals surface area contributed by atoms with Crippen molar-refractivity contribution in [3.63, 3.8) is 0 Å². The predicted molar refractivity (Wildman–Crippen MR) is 97.5 cm³/mol. The molecule has 0 aliphatic carbocycles. The first-order valence-corrected chi connectivity index (χ1v) is 10.2. The molecule has 3 nitrogen and oxygen atoms in total. The Kier molecular flexibility index (Phi) is 5.82. The van der Waals surface area contributed by atoms with Crippen LogP contribution in [0.3, 0.4) is 0 Å². The van der Waals surface area contributed by atoms with Crippen molar-refractivity contribution in [2.75, 3.05) is 38.2 Å². The van der Waals surface area contributed by atoms with Crippen LogP contribution in [0, 0.1) is 11.2 Å². The number of halogens is 1. The number of nitrogens with zero attached hydrogens (tertiary/aromatic N) is 2. The molecule has 0 radical (unpaired) electrons. The third-order valence-corrected chi connectivity index (χ3v) is 5.98. The van der Waals surface area contributed by atoms with Gasteiger partial charge in [0.2, 0.25) is 5.91 Å². The van der Waals surface area contributed by atoms with Crippen molar-refractivity contribution < 1.29 is 9.18 Å². The number of thioether (sulfide) groups is 1. The molecule has 2 aliphatic heterocycles. The van der Waals surface area contributed by atoms with E-state index >= 15 is 0 Å². The minimum Gasteiger partial charge on any atom is -0.342 e. The lowest BCUT2D eigenvalue weighted by atomic mass is 9.79. The Morgan fingerprint density at radius 2 is 2.00 bits per heavy atom. The summed E-state index contributed by atoms with van der Waals surface area (Å²) >= 11 is 1.74. The first-order chi connectivity index (χ1) is 11.6. The Hall–Kier alpha value is -1.07. The highest BCUT2D eigenvalue weighted by Gasteiger charge is 2.42. The standard InChI is InChI=1S/C19H27FN2OS/c1-24-12-7-18(23)22-11-9-19(15-22)8-2-10-21(14-19)13-16-3-5-17(20)6-4-16/h3-6H,2,7-15H2,1H3. The van der Waals surface area contributed by atoms with Crippen LogP contribution in [-0.2, 0) is 11.3 Å². The minimum atomic E-state index is -0.177. The molecule has 1 aromatic rings. The maximum absolute atomic E-state index is 13.1. The summed E-state index contributed by atoms with van der Waals surface area (Å²) in [4.78, 5) is 16.9. The fourth-order valence-electron chi connectivity index (χ4n) is 4.12. The van der Waals surface area contributed by atoms with Gasteiger partial charge in [0.15, 0.2) is 0 Å². The van der Waals surface area contributed by atoms with Crippen molar-refractivity contribution in [2.45, 2.75) is 32.2 Å². The number of hydrogen-bond donors (Lipinski definition) is 0. The lowest BCUT2D eigenvalue weighted by Gasteiger charge is -2.40. The maximum Gasteiger partial charge on any atom is 0.223 e. The van der Waals surface area contributed by atoms with Gasteiger partial charge in [0.1, 0.15) is 5.82 Å². The third-order valence-electron chi connectivity index (χ3n) is 5.37. The number of hydrogen-bond acceptors (Lipinski definition) is 3. The molecule has 2 heterocycles. The van der Waals surface area contributed by atoms with Crippen LogP contribution in [0.25, 0.3) is 0 Å². The van der Waals surface area contributed by atoms with Crippen LogP contribution in [0.5, 0.6) is 0 Å². The van der Waals surface area contributed by atoms with Crippen molar-refractivity contribution >= 4 is 17.7 Å². The van der Waals surface area contributed by atoms with E-state index in [0.29, 0.717) is 12.3 Å². The Morgan fingerprint density at radius 1 is 1.21 bits per heavy atom. The van der Waals surface area contributed by atoms with E-state index in [2.05, 4.69) is 9.80 Å². The molecule has 132 valence electrons. The van der Waals surface area contributed by atoms with Gasteiger partial charge < -0.3 is 4.90 Å². The monoisotopic (exact) mass is 350 g/mol. The van der Waals surface area contributed by atoms with Crippen LogP contribution in [-0.4, -0.2) is 53.9 Å². The van der Waals surface area contributed by atoms with Gasteiger partial charge in [-0.05, 0) is 49.8 Å². The van der Waals surface area contributed by atoms with E-state index in [1.165, 1.54) is 30.5 Å². The minimum absolute atomic E-state index is 0.177. The molecule has 1 aromatic carbocycles. The van der Waals surface area contributed by atoms with Crippen LogP contribution in [0.15, 0.2) is 24.3 Å². The average Bonchev–Trinajstić information content (AvgIpc) is 2.98. The fourth-order valence-corrected chi connectivity index (χ4v) is 4.50. The largest absolute Gasteiger partial charge is 0.342 e. The molecule has 1 spiro atoms. The van der Waals surface area contributed by atoms with E-state index < -0.39 is 0 Å². The van der Waals surface area contributed by atoms with Crippen LogP contribution in [0.4, 0.5) is 4.39 Å². The van der Waals surface area contributed by atoms with Crippen LogP contribution < -0.4 is 0 Å². The third kappa shape index (κ3) is 4.31. The van der Waals surface area contributed by atoms with Crippen molar-refractivity contribution in [3.8, 4) is 0 Å². The number of carbonyl (C=O) groups excluding carboxylic acids is 1. The van der Waals surface area contributed by atoms with E-state index in [1.54, 1.807) is 11.8 Å². The number of amides is 1. The second-order valence-corrected chi connectivity index (χ2v) is 8.23. The second kappa shape index (κ2) is 7.87. The molecular weight excluding hydrogens is 323 g/mol. The number of carbonyl (C=O) groups is 1. The van der Waals surface area contributed by atoms with E-state index in [0.717, 1.165) is 44.9 Å². The molecule has 3 rings (SSSR count). The normalized spacial score (nSPS) is 24.7. The van der Waals surface area contributed by atoms with Crippen LogP contribution in [0.2, 0.25) is 0 Å². The van der Waals surface area contributed by atoms with Crippen molar-refractivity contribution in [1.29, 1.82) is 0 Å². The Labute approximate surface area is 148 Å². The SMILES string of the molecule is CSCCC(=O)N1CCC2(CCCN(Cc3ccc(F)cc3)C2)C1. The predicted octanol–water partition coefficient (Wildman–Crippen LogP) is 3.39. The molecule has 2 saturated heterocycles. The van der Waals surface area contributed by atoms with E-state index in [1.807, 2.05) is 18.4 Å². The number of benzene rings is 1. The van der Waals surface area contributed by atoms with Crippen molar-refractivity contribution in [1.82, 2.24) is 9.80 Å². The zero-order valence-electron chi connectivity index (χ0n) is 14.5. The Bertz CT molecular complexity index is 565. The molecule has 0 N–H and O–H groups in total. The van der Waals surface area contributed by atoms with Crippen molar-refractivity contribution in [3.05, 3.63) is 35.6 Å². The molecule has 2 fully saturated rings. The summed E-state index contributed by atoms with van der Waals surface area (Å²) in [6.07, 6.45) is 6.24. The quantitative estimate of drug-likeness (QED) is 0.813. The van der Waals surface area contributed by atoms with E-state index in [-0.39, 0.29) is 11.2 Å². The van der Waals surface area contributed by atoms with Gasteiger partial charge in [-0.25, -0.2) is 4.39 Å². The lowest BCUT2D eigenvalue weighted by Crippen LogP contribution is -2.45. The van der Waals surface area contributed by atoms with Crippen LogP contribution >= 0.6 is 11.8 Å². The molecular formula is C19H27FN2OS. The highest BCUT2D eigenvalue weighted by molar-refractivity contribution is 7.98. The summed E-state index contributed by atoms with van der Waals surface area (Å²) in [5.74, 6) is 1.06. The fraction of sp³-hybridized carbons (Fsp3) is 0.632. The number of piperidine rings is 1. The first kappa shape index (κ1) is 17.7. The first-order valence-electron chi connectivity index (χ1n) is 8.84. The summed E-state index contributed by atoms with van der Waals surface area (Å²) in [5.41, 5.74) is 1.44. The molecule has 24 heavy (non-hydrogen) atoms. The molecule has 0 aromatic heterocycles. The molecule has 5 heteroatoms. The molecule has 2 aliphatic rings. The number of rotatable bonds is 5. The van der Waals surface area contributed by atoms with E-state index in [4.69, 9.17) is 0 Å². The highest BCUT2D eigenvalue weighted by Crippen LogP contribution is 2.39. The Balaban J connectivity index is 1.57. The summed E-state index contributed by atoms with van der Waals surface area (Å²) in [6, 6.07) is 6.83. The van der Waals surface area contributed by atoms with Crippen LogP contribution in [0.1, 0.15) is 31.2 Å². The summed E-state index contributed by atoms with van der Waals surface area (Å²) < 4.78 is 13.1. The van der Waals surface area contributed by atoms with E-state index in [9.17, 15) is 9.18 Å². The zero-order valence-corrected chi connectivity index (χ0v) is 15.3. The average molecular weight is 351 g/mol. The Morgan fingerprint density at radius 3 is 2.75 bits per heavy atom. The van der Waals surface area contributed by atoms with Gasteiger partial charge in [-0.1, -0.05) is 12.1 Å². The highest BCUT2D eigenvalue weighted by atomic mass is 32.2. The van der Waals surface area contributed by atoms with Gasteiger partial charge in [0.25, 0.3) is 0 Å².